The first-order valence-electron chi connectivity index (χ1n) is 6.73. The number of carbonyl (C=O) groups is 3. The van der Waals surface area contributed by atoms with Crippen LogP contribution in [0.5, 0.6) is 0 Å². The normalized spacial score (nSPS) is 25.4. The third kappa shape index (κ3) is 6.09. The van der Waals surface area contributed by atoms with Gasteiger partial charge in [0.2, 0.25) is 11.8 Å². The highest BCUT2D eigenvalue weighted by atomic mass is 32.2. The van der Waals surface area contributed by atoms with E-state index in [1.165, 1.54) is 6.92 Å². The molecule has 0 spiro atoms. The number of nitrogens with two attached hydrogens (primary N) is 1. The molecule has 6 heteroatoms. The van der Waals surface area contributed by atoms with Crippen molar-refractivity contribution in [2.45, 2.75) is 51.5 Å². The molecule has 19 heavy (non-hydrogen) atoms. The van der Waals surface area contributed by atoms with Crippen LogP contribution in [0.25, 0.3) is 0 Å². The maximum absolute atomic E-state index is 12.1. The van der Waals surface area contributed by atoms with Gasteiger partial charge >= 0.3 is 0 Å². The van der Waals surface area contributed by atoms with Gasteiger partial charge in [-0.2, -0.15) is 0 Å². The molecule has 1 fully saturated rings. The van der Waals surface area contributed by atoms with Crippen LogP contribution in [-0.2, 0) is 14.4 Å². The van der Waals surface area contributed by atoms with Crippen LogP contribution in [-0.4, -0.2) is 28.7 Å². The van der Waals surface area contributed by atoms with Crippen molar-refractivity contribution in [3.05, 3.63) is 0 Å². The summed E-state index contributed by atoms with van der Waals surface area (Å²) >= 11 is 1.16. The van der Waals surface area contributed by atoms with Gasteiger partial charge in [-0.15, -0.1) is 0 Å². The maximum Gasteiger partial charge on any atom is 0.239 e. The van der Waals surface area contributed by atoms with Crippen LogP contribution in [0, 0.1) is 5.92 Å². The monoisotopic (exact) mass is 286 g/mol. The fraction of sp³-hybridized carbons (Fsp3) is 0.769. The Morgan fingerprint density at radius 3 is 2.47 bits per heavy atom. The fourth-order valence-electron chi connectivity index (χ4n) is 2.18. The van der Waals surface area contributed by atoms with Crippen molar-refractivity contribution in [3.63, 3.8) is 0 Å². The van der Waals surface area contributed by atoms with Crippen LogP contribution >= 0.6 is 11.8 Å². The number of rotatable bonds is 3. The van der Waals surface area contributed by atoms with Crippen molar-refractivity contribution < 1.29 is 14.4 Å². The van der Waals surface area contributed by atoms with Crippen LogP contribution in [0.2, 0.25) is 0 Å². The van der Waals surface area contributed by atoms with Crippen LogP contribution in [0.4, 0.5) is 0 Å². The Kier molecular flexibility index (Phi) is 6.91. The molecule has 0 aromatic carbocycles. The van der Waals surface area contributed by atoms with Crippen molar-refractivity contribution in [2.24, 2.45) is 11.7 Å². The number of thioether (sulfide) groups is 1. The largest absolute Gasteiger partial charge is 0.368 e. The zero-order valence-corrected chi connectivity index (χ0v) is 12.1. The second kappa shape index (κ2) is 8.19. The molecule has 0 radical (unpaired) electrons. The van der Waals surface area contributed by atoms with E-state index < -0.39 is 11.9 Å². The topological polar surface area (TPSA) is 89.3 Å². The zero-order valence-electron chi connectivity index (χ0n) is 11.3. The van der Waals surface area contributed by atoms with E-state index >= 15 is 0 Å². The summed E-state index contributed by atoms with van der Waals surface area (Å²) < 4.78 is 0. The molecule has 1 heterocycles. The Morgan fingerprint density at radius 1 is 1.26 bits per heavy atom. The van der Waals surface area contributed by atoms with Gasteiger partial charge in [0.15, 0.2) is 5.12 Å². The molecule has 0 bridgehead atoms. The predicted molar refractivity (Wildman–Crippen MR) is 75.5 cm³/mol. The lowest BCUT2D eigenvalue weighted by Crippen LogP contribution is -2.47. The number of hydrogen-bond donors (Lipinski definition) is 2. The van der Waals surface area contributed by atoms with E-state index in [1.807, 2.05) is 0 Å². The van der Waals surface area contributed by atoms with E-state index in [0.717, 1.165) is 43.9 Å². The van der Waals surface area contributed by atoms with Crippen LogP contribution in [0.15, 0.2) is 0 Å². The Morgan fingerprint density at radius 2 is 1.89 bits per heavy atom. The number of amides is 2. The average Bonchev–Trinajstić information content (AvgIpc) is 2.34. The van der Waals surface area contributed by atoms with Crippen molar-refractivity contribution in [1.29, 1.82) is 0 Å². The van der Waals surface area contributed by atoms with Crippen molar-refractivity contribution in [3.8, 4) is 0 Å². The molecule has 1 saturated heterocycles. The molecule has 0 aliphatic carbocycles. The minimum absolute atomic E-state index is 0.0105. The summed E-state index contributed by atoms with van der Waals surface area (Å²) in [6, 6.07) is -0.574. The maximum atomic E-state index is 12.1. The first kappa shape index (κ1) is 16.0. The van der Waals surface area contributed by atoms with Crippen LogP contribution in [0.1, 0.15) is 45.4 Å². The molecule has 0 saturated carbocycles. The smallest absolute Gasteiger partial charge is 0.239 e. The minimum Gasteiger partial charge on any atom is -0.368 e. The molecule has 1 rings (SSSR count). The third-order valence-corrected chi connectivity index (χ3v) is 4.29. The van der Waals surface area contributed by atoms with Crippen LogP contribution < -0.4 is 11.1 Å². The van der Waals surface area contributed by atoms with E-state index in [9.17, 15) is 14.4 Å². The van der Waals surface area contributed by atoms with Gasteiger partial charge in [-0.25, -0.2) is 0 Å². The van der Waals surface area contributed by atoms with Gasteiger partial charge in [0.05, 0.1) is 0 Å². The summed E-state index contributed by atoms with van der Waals surface area (Å²) in [6.07, 6.45) is 5.36. The summed E-state index contributed by atoms with van der Waals surface area (Å²) in [5.74, 6) is -0.368. The van der Waals surface area contributed by atoms with Crippen molar-refractivity contribution >= 4 is 28.7 Å². The lowest BCUT2D eigenvalue weighted by Gasteiger charge is -2.22. The van der Waals surface area contributed by atoms with Crippen molar-refractivity contribution in [2.75, 3.05) is 5.75 Å². The standard InChI is InChI=1S/C13H22N2O3S/c1-9(16)19-8-10-6-4-2-3-5-7-11(12(14)17)15-13(10)18/h10-11H,2-8H2,1H3,(H2,14,17)(H,15,18)/t10-,11-/m1/s1. The molecule has 0 aromatic rings. The van der Waals surface area contributed by atoms with Crippen LogP contribution in [0.3, 0.4) is 0 Å². The molecule has 1 aliphatic rings. The molecule has 2 amide bonds. The van der Waals surface area contributed by atoms with E-state index in [4.69, 9.17) is 5.73 Å². The molecular formula is C13H22N2O3S. The minimum atomic E-state index is -0.574. The average molecular weight is 286 g/mol. The number of hydrogen-bond acceptors (Lipinski definition) is 4. The van der Waals surface area contributed by atoms with E-state index in [0.29, 0.717) is 12.2 Å². The first-order chi connectivity index (χ1) is 9.00. The Labute approximate surface area is 118 Å². The van der Waals surface area contributed by atoms with Crippen molar-refractivity contribution in [1.82, 2.24) is 5.32 Å². The lowest BCUT2D eigenvalue weighted by atomic mass is 9.97. The third-order valence-electron chi connectivity index (χ3n) is 3.31. The van der Waals surface area contributed by atoms with Gasteiger partial charge in [-0.05, 0) is 12.8 Å². The van der Waals surface area contributed by atoms with E-state index in [-0.39, 0.29) is 16.9 Å². The summed E-state index contributed by atoms with van der Waals surface area (Å²) in [5.41, 5.74) is 5.29. The summed E-state index contributed by atoms with van der Waals surface area (Å²) in [4.78, 5) is 34.4. The Balaban J connectivity index is 2.64. The molecule has 0 aromatic heterocycles. The number of primary amides is 1. The highest BCUT2D eigenvalue weighted by Crippen LogP contribution is 2.19. The predicted octanol–water partition coefficient (Wildman–Crippen LogP) is 1.21. The summed E-state index contributed by atoms with van der Waals surface area (Å²) in [7, 11) is 0. The molecule has 1 aliphatic heterocycles. The quantitative estimate of drug-likeness (QED) is 0.816. The summed E-state index contributed by atoms with van der Waals surface area (Å²) in [6.45, 7) is 1.50. The van der Waals surface area contributed by atoms with Gasteiger partial charge in [0.25, 0.3) is 0 Å². The second-order valence-corrected chi connectivity index (χ2v) is 6.15. The number of carbonyl (C=O) groups excluding carboxylic acids is 3. The first-order valence-corrected chi connectivity index (χ1v) is 7.72. The summed E-state index contributed by atoms with van der Waals surface area (Å²) in [5, 5.41) is 2.73. The lowest BCUT2D eigenvalue weighted by molar-refractivity contribution is -0.129. The highest BCUT2D eigenvalue weighted by molar-refractivity contribution is 8.13. The highest BCUT2D eigenvalue weighted by Gasteiger charge is 2.25. The van der Waals surface area contributed by atoms with Gasteiger partial charge in [-0.1, -0.05) is 37.4 Å². The fourth-order valence-corrected chi connectivity index (χ4v) is 2.93. The second-order valence-electron chi connectivity index (χ2n) is 4.95. The van der Waals surface area contributed by atoms with Gasteiger partial charge in [-0.3, -0.25) is 14.4 Å². The molecule has 108 valence electrons. The number of nitrogens with one attached hydrogen (secondary N) is 1. The molecular weight excluding hydrogens is 264 g/mol. The Hall–Kier alpha value is -1.04. The van der Waals surface area contributed by atoms with Gasteiger partial charge < -0.3 is 11.1 Å². The SMILES string of the molecule is CC(=O)SC[C@H]1CCCCCC[C@H](C(N)=O)NC1=O. The zero-order chi connectivity index (χ0) is 14.3. The van der Waals surface area contributed by atoms with E-state index in [2.05, 4.69) is 5.32 Å². The molecule has 2 atom stereocenters. The van der Waals surface area contributed by atoms with Gasteiger partial charge in [0, 0.05) is 18.6 Å². The molecule has 5 nitrogen and oxygen atoms in total. The van der Waals surface area contributed by atoms with Gasteiger partial charge in [0.1, 0.15) is 6.04 Å². The molecule has 3 N–H and O–H groups in total. The van der Waals surface area contributed by atoms with E-state index in [1.54, 1.807) is 0 Å². The molecule has 0 unspecified atom stereocenters. The Bertz CT molecular complexity index is 347.